The molecule has 8 heteroatoms. The van der Waals surface area contributed by atoms with Gasteiger partial charge in [-0.15, -0.1) is 13.2 Å². The van der Waals surface area contributed by atoms with Crippen LogP contribution < -0.4 is 15.2 Å². The first kappa shape index (κ1) is 18.4. The van der Waals surface area contributed by atoms with E-state index < -0.39 is 12.4 Å². The molecule has 0 spiro atoms. The molecular weight excluding hydrogens is 391 g/mol. The molecule has 4 nitrogen and oxygen atoms in total. The molecule has 0 bridgehead atoms. The summed E-state index contributed by atoms with van der Waals surface area (Å²) in [5, 5.41) is 9.91. The number of phenols is 1. The van der Waals surface area contributed by atoms with Gasteiger partial charge in [0.15, 0.2) is 11.5 Å². The molecule has 2 aromatic rings. The molecule has 2 aromatic carbocycles. The van der Waals surface area contributed by atoms with Crippen molar-refractivity contribution in [3.63, 3.8) is 0 Å². The average Bonchev–Trinajstić information content (AvgIpc) is 2.50. The predicted octanol–water partition coefficient (Wildman–Crippen LogP) is 4.50. The van der Waals surface area contributed by atoms with E-state index in [1.165, 1.54) is 24.3 Å². The first-order valence-corrected chi connectivity index (χ1v) is 7.77. The van der Waals surface area contributed by atoms with E-state index in [1.807, 2.05) is 0 Å². The maximum atomic E-state index is 12.2. The zero-order valence-electron chi connectivity index (χ0n) is 12.6. The fraction of sp³-hybridized carbons (Fsp3) is 0.250. The fourth-order valence-electron chi connectivity index (χ4n) is 2.11. The van der Waals surface area contributed by atoms with Crippen molar-refractivity contribution in [1.82, 2.24) is 0 Å². The maximum Gasteiger partial charge on any atom is 0.573 e. The minimum absolute atomic E-state index is 0.0401. The minimum Gasteiger partial charge on any atom is -0.503 e. The zero-order chi connectivity index (χ0) is 17.9. The minimum atomic E-state index is -4.74. The van der Waals surface area contributed by atoms with Crippen LogP contribution in [0.25, 0.3) is 0 Å². The molecule has 0 aliphatic heterocycles. The summed E-state index contributed by atoms with van der Waals surface area (Å²) in [5.74, 6) is -0.0867. The Kier molecular flexibility index (Phi) is 5.61. The van der Waals surface area contributed by atoms with Crippen molar-refractivity contribution >= 4 is 15.9 Å². The Morgan fingerprint density at radius 1 is 1.17 bits per heavy atom. The van der Waals surface area contributed by atoms with Gasteiger partial charge in [-0.1, -0.05) is 12.1 Å². The maximum absolute atomic E-state index is 12.2. The lowest BCUT2D eigenvalue weighted by Crippen LogP contribution is -2.17. The SMILES string of the molecule is CCOc1cc([C@H](N)c2ccc(OC(F)(F)F)cc2)cc(Br)c1O. The summed E-state index contributed by atoms with van der Waals surface area (Å²) >= 11 is 3.22. The van der Waals surface area contributed by atoms with E-state index in [-0.39, 0.29) is 17.2 Å². The highest BCUT2D eigenvalue weighted by Gasteiger charge is 2.31. The van der Waals surface area contributed by atoms with Gasteiger partial charge in [-0.2, -0.15) is 0 Å². The first-order valence-electron chi connectivity index (χ1n) is 6.97. The number of rotatable bonds is 5. The van der Waals surface area contributed by atoms with Gasteiger partial charge in [0.05, 0.1) is 17.1 Å². The lowest BCUT2D eigenvalue weighted by atomic mass is 9.99. The monoisotopic (exact) mass is 405 g/mol. The van der Waals surface area contributed by atoms with Crippen LogP contribution in [0.4, 0.5) is 13.2 Å². The predicted molar refractivity (Wildman–Crippen MR) is 86.1 cm³/mol. The van der Waals surface area contributed by atoms with Crippen LogP contribution in [0.3, 0.4) is 0 Å². The van der Waals surface area contributed by atoms with E-state index in [0.717, 1.165) is 0 Å². The number of benzene rings is 2. The number of halogens is 4. The van der Waals surface area contributed by atoms with Crippen molar-refractivity contribution in [2.75, 3.05) is 6.61 Å². The standard InChI is InChI=1S/C16H15BrF3NO3/c1-2-23-13-8-10(7-12(17)15(13)22)14(21)9-3-5-11(6-4-9)24-16(18,19)20/h3-8,14,22H,2,21H2,1H3/t14-/m1/s1. The normalized spacial score (nSPS) is 12.8. The van der Waals surface area contributed by atoms with Crippen LogP contribution in [0.5, 0.6) is 17.2 Å². The van der Waals surface area contributed by atoms with E-state index in [4.69, 9.17) is 10.5 Å². The Morgan fingerprint density at radius 2 is 1.79 bits per heavy atom. The summed E-state index contributed by atoms with van der Waals surface area (Å²) in [6.45, 7) is 2.14. The van der Waals surface area contributed by atoms with Crippen LogP contribution in [0.2, 0.25) is 0 Å². The summed E-state index contributed by atoms with van der Waals surface area (Å²) in [4.78, 5) is 0. The second-order valence-electron chi connectivity index (χ2n) is 4.88. The molecule has 1 atom stereocenters. The van der Waals surface area contributed by atoms with Gasteiger partial charge < -0.3 is 20.3 Å². The Labute approximate surface area is 145 Å². The highest BCUT2D eigenvalue weighted by Crippen LogP contribution is 2.38. The van der Waals surface area contributed by atoms with E-state index >= 15 is 0 Å². The average molecular weight is 406 g/mol. The Bertz CT molecular complexity index is 705. The van der Waals surface area contributed by atoms with Crippen LogP contribution in [-0.4, -0.2) is 18.1 Å². The molecule has 2 rings (SSSR count). The van der Waals surface area contributed by atoms with Gasteiger partial charge in [0, 0.05) is 0 Å². The molecule has 0 saturated carbocycles. The number of alkyl halides is 3. The summed E-state index contributed by atoms with van der Waals surface area (Å²) in [5.41, 5.74) is 7.38. The van der Waals surface area contributed by atoms with Gasteiger partial charge in [-0.25, -0.2) is 0 Å². The molecule has 130 valence electrons. The number of aromatic hydroxyl groups is 1. The third-order valence-corrected chi connectivity index (χ3v) is 3.79. The summed E-state index contributed by atoms with van der Waals surface area (Å²) in [7, 11) is 0. The number of ether oxygens (including phenoxy) is 2. The lowest BCUT2D eigenvalue weighted by molar-refractivity contribution is -0.274. The second-order valence-corrected chi connectivity index (χ2v) is 5.73. The van der Waals surface area contributed by atoms with Crippen LogP contribution in [0.15, 0.2) is 40.9 Å². The molecule has 0 saturated heterocycles. The van der Waals surface area contributed by atoms with Crippen molar-refractivity contribution < 1.29 is 27.8 Å². The van der Waals surface area contributed by atoms with Crippen LogP contribution >= 0.6 is 15.9 Å². The fourth-order valence-corrected chi connectivity index (χ4v) is 2.57. The Balaban J connectivity index is 2.27. The molecule has 0 aromatic heterocycles. The molecule has 0 aliphatic carbocycles. The van der Waals surface area contributed by atoms with Gasteiger partial charge in [0.25, 0.3) is 0 Å². The topological polar surface area (TPSA) is 64.7 Å². The van der Waals surface area contributed by atoms with E-state index in [1.54, 1.807) is 19.1 Å². The third kappa shape index (κ3) is 4.55. The first-order chi connectivity index (χ1) is 11.2. The summed E-state index contributed by atoms with van der Waals surface area (Å²) in [6.07, 6.45) is -4.74. The molecule has 0 fully saturated rings. The molecule has 0 amide bonds. The summed E-state index contributed by atoms with van der Waals surface area (Å²) < 4.78 is 46.1. The number of hydrogen-bond donors (Lipinski definition) is 2. The van der Waals surface area contributed by atoms with Gasteiger partial charge in [0.1, 0.15) is 5.75 Å². The molecule has 24 heavy (non-hydrogen) atoms. The Morgan fingerprint density at radius 3 is 2.33 bits per heavy atom. The molecule has 3 N–H and O–H groups in total. The molecule has 0 aliphatic rings. The molecule has 0 heterocycles. The quantitative estimate of drug-likeness (QED) is 0.768. The molecule has 0 radical (unpaired) electrons. The van der Waals surface area contributed by atoms with Crippen LogP contribution in [0, 0.1) is 0 Å². The second kappa shape index (κ2) is 7.31. The van der Waals surface area contributed by atoms with Gasteiger partial charge >= 0.3 is 6.36 Å². The van der Waals surface area contributed by atoms with Crippen molar-refractivity contribution in [1.29, 1.82) is 0 Å². The largest absolute Gasteiger partial charge is 0.573 e. The van der Waals surface area contributed by atoms with Gasteiger partial charge in [0.2, 0.25) is 0 Å². The summed E-state index contributed by atoms with van der Waals surface area (Å²) in [6, 6.07) is 7.90. The van der Waals surface area contributed by atoms with Crippen LogP contribution in [0.1, 0.15) is 24.1 Å². The number of hydrogen-bond acceptors (Lipinski definition) is 4. The van der Waals surface area contributed by atoms with Gasteiger partial charge in [-0.3, -0.25) is 0 Å². The van der Waals surface area contributed by atoms with E-state index in [9.17, 15) is 18.3 Å². The number of phenolic OH excluding ortho intramolecular Hbond substituents is 1. The van der Waals surface area contributed by atoms with Crippen molar-refractivity contribution in [2.24, 2.45) is 5.73 Å². The smallest absolute Gasteiger partial charge is 0.503 e. The van der Waals surface area contributed by atoms with Crippen LogP contribution in [-0.2, 0) is 0 Å². The lowest BCUT2D eigenvalue weighted by Gasteiger charge is -2.17. The highest BCUT2D eigenvalue weighted by atomic mass is 79.9. The van der Waals surface area contributed by atoms with Gasteiger partial charge in [-0.05, 0) is 58.2 Å². The highest BCUT2D eigenvalue weighted by molar-refractivity contribution is 9.10. The van der Waals surface area contributed by atoms with E-state index in [2.05, 4.69) is 20.7 Å². The third-order valence-electron chi connectivity index (χ3n) is 3.18. The van der Waals surface area contributed by atoms with E-state index in [0.29, 0.717) is 22.2 Å². The molecule has 0 unspecified atom stereocenters. The number of nitrogens with two attached hydrogens (primary N) is 1. The Hall–Kier alpha value is -1.93. The molecular formula is C16H15BrF3NO3. The van der Waals surface area contributed by atoms with Crippen molar-refractivity contribution in [3.05, 3.63) is 52.0 Å². The van der Waals surface area contributed by atoms with Crippen molar-refractivity contribution in [2.45, 2.75) is 19.3 Å². The van der Waals surface area contributed by atoms with Crippen molar-refractivity contribution in [3.8, 4) is 17.2 Å². The zero-order valence-corrected chi connectivity index (χ0v) is 14.2.